The molecule has 1 saturated heterocycles. The molecule has 0 atom stereocenters. The average molecular weight is 290 g/mol. The van der Waals surface area contributed by atoms with Crippen molar-refractivity contribution in [2.24, 2.45) is 0 Å². The normalized spacial score (nSPS) is 21.2. The predicted molar refractivity (Wildman–Crippen MR) is 78.3 cm³/mol. The molecule has 0 amide bonds. The van der Waals surface area contributed by atoms with Gasteiger partial charge in [-0.3, -0.25) is 10.1 Å². The number of ether oxygens (including phenoxy) is 2. The van der Waals surface area contributed by atoms with Gasteiger partial charge in [0.15, 0.2) is 5.79 Å². The van der Waals surface area contributed by atoms with Crippen molar-refractivity contribution in [1.29, 1.82) is 0 Å². The molecular formula is C15H18N2O4. The van der Waals surface area contributed by atoms with Crippen molar-refractivity contribution >= 4 is 11.4 Å². The topological polar surface area (TPSA) is 64.8 Å². The third-order valence-electron chi connectivity index (χ3n) is 4.00. The number of nitro benzene ring substituents is 1. The van der Waals surface area contributed by atoms with Gasteiger partial charge >= 0.3 is 0 Å². The molecule has 1 aromatic rings. The Bertz CT molecular complexity index is 521. The monoisotopic (exact) mass is 290 g/mol. The highest BCUT2D eigenvalue weighted by Gasteiger charge is 2.36. The van der Waals surface area contributed by atoms with Crippen LogP contribution >= 0.6 is 0 Å². The molecule has 0 unspecified atom stereocenters. The maximum atomic E-state index is 10.7. The first-order chi connectivity index (χ1) is 10.2. The first kappa shape index (κ1) is 14.0. The molecule has 3 rings (SSSR count). The minimum atomic E-state index is -0.471. The molecule has 6 heteroatoms. The summed E-state index contributed by atoms with van der Waals surface area (Å²) in [5.41, 5.74) is 1.12. The summed E-state index contributed by atoms with van der Waals surface area (Å²) in [6, 6.07) is 6.68. The number of nitro groups is 1. The Balaban J connectivity index is 1.63. The van der Waals surface area contributed by atoms with E-state index in [-0.39, 0.29) is 10.6 Å². The van der Waals surface area contributed by atoms with E-state index >= 15 is 0 Å². The smallest absolute Gasteiger partial charge is 0.269 e. The van der Waals surface area contributed by atoms with Gasteiger partial charge in [0, 0.05) is 43.8 Å². The lowest BCUT2D eigenvalue weighted by Gasteiger charge is -2.41. The van der Waals surface area contributed by atoms with E-state index in [0.717, 1.165) is 31.6 Å². The predicted octanol–water partition coefficient (Wildman–Crippen LogP) is 2.49. The largest absolute Gasteiger partial charge is 0.371 e. The standard InChI is InChI=1S/C15H18N2O4/c18-17(19)14-5-3-13(4-6-14)16-9-7-15(8-10-16)20-11-1-2-12-21-15/h1-6H,7-12H2. The summed E-state index contributed by atoms with van der Waals surface area (Å²) < 4.78 is 11.7. The summed E-state index contributed by atoms with van der Waals surface area (Å²) in [5.74, 6) is -0.471. The summed E-state index contributed by atoms with van der Waals surface area (Å²) in [6.45, 7) is 2.82. The average Bonchev–Trinajstić information content (AvgIpc) is 2.74. The van der Waals surface area contributed by atoms with Gasteiger partial charge in [0.05, 0.1) is 18.1 Å². The van der Waals surface area contributed by atoms with E-state index in [1.807, 2.05) is 12.2 Å². The molecule has 2 aliphatic heterocycles. The van der Waals surface area contributed by atoms with E-state index in [9.17, 15) is 10.1 Å². The zero-order valence-electron chi connectivity index (χ0n) is 11.7. The number of hydrogen-bond donors (Lipinski definition) is 0. The lowest BCUT2D eigenvalue weighted by molar-refractivity contribution is -0.384. The van der Waals surface area contributed by atoms with E-state index < -0.39 is 5.79 Å². The molecule has 0 N–H and O–H groups in total. The van der Waals surface area contributed by atoms with Crippen LogP contribution in [0.1, 0.15) is 12.8 Å². The van der Waals surface area contributed by atoms with E-state index in [0.29, 0.717) is 13.2 Å². The SMILES string of the molecule is O=[N+]([O-])c1ccc(N2CCC3(CC2)OCC=CCO3)cc1. The number of hydrogen-bond acceptors (Lipinski definition) is 5. The second kappa shape index (κ2) is 5.83. The second-order valence-corrected chi connectivity index (χ2v) is 5.26. The molecule has 1 spiro atoms. The lowest BCUT2D eigenvalue weighted by Crippen LogP contribution is -2.47. The molecule has 0 bridgehead atoms. The molecule has 21 heavy (non-hydrogen) atoms. The zero-order chi connectivity index (χ0) is 14.7. The molecular weight excluding hydrogens is 272 g/mol. The number of piperidine rings is 1. The van der Waals surface area contributed by atoms with Gasteiger partial charge in [0.2, 0.25) is 0 Å². The van der Waals surface area contributed by atoms with Crippen LogP contribution in [0.2, 0.25) is 0 Å². The molecule has 2 heterocycles. The Labute approximate surface area is 123 Å². The quantitative estimate of drug-likeness (QED) is 0.475. The van der Waals surface area contributed by atoms with Crippen LogP contribution in [0, 0.1) is 10.1 Å². The summed E-state index contributed by atoms with van der Waals surface area (Å²) in [5, 5.41) is 10.7. The summed E-state index contributed by atoms with van der Waals surface area (Å²) >= 11 is 0. The Morgan fingerprint density at radius 3 is 2.14 bits per heavy atom. The van der Waals surface area contributed by atoms with Crippen molar-refractivity contribution in [3.8, 4) is 0 Å². The van der Waals surface area contributed by atoms with Gasteiger partial charge in [-0.1, -0.05) is 12.2 Å². The van der Waals surface area contributed by atoms with E-state index in [4.69, 9.17) is 9.47 Å². The molecule has 0 aromatic heterocycles. The van der Waals surface area contributed by atoms with E-state index in [1.54, 1.807) is 24.3 Å². The summed E-state index contributed by atoms with van der Waals surface area (Å²) in [6.07, 6.45) is 5.56. The Morgan fingerprint density at radius 2 is 1.62 bits per heavy atom. The molecule has 112 valence electrons. The first-order valence-electron chi connectivity index (χ1n) is 7.11. The highest BCUT2D eigenvalue weighted by Crippen LogP contribution is 2.31. The zero-order valence-corrected chi connectivity index (χ0v) is 11.7. The molecule has 1 fully saturated rings. The van der Waals surface area contributed by atoms with Crippen LogP contribution in [0.15, 0.2) is 36.4 Å². The van der Waals surface area contributed by atoms with Gasteiger partial charge in [-0.15, -0.1) is 0 Å². The van der Waals surface area contributed by atoms with Crippen LogP contribution in [0.4, 0.5) is 11.4 Å². The summed E-state index contributed by atoms with van der Waals surface area (Å²) in [4.78, 5) is 12.5. The maximum absolute atomic E-state index is 10.7. The van der Waals surface area contributed by atoms with Crippen molar-refractivity contribution in [1.82, 2.24) is 0 Å². The van der Waals surface area contributed by atoms with Crippen molar-refractivity contribution in [2.45, 2.75) is 18.6 Å². The molecule has 0 aliphatic carbocycles. The Morgan fingerprint density at radius 1 is 1.05 bits per heavy atom. The molecule has 6 nitrogen and oxygen atoms in total. The minimum absolute atomic E-state index is 0.119. The fourth-order valence-electron chi connectivity index (χ4n) is 2.76. The minimum Gasteiger partial charge on any atom is -0.371 e. The van der Waals surface area contributed by atoms with Gasteiger partial charge < -0.3 is 14.4 Å². The van der Waals surface area contributed by atoms with E-state index in [2.05, 4.69) is 4.90 Å². The number of non-ortho nitro benzene ring substituents is 1. The van der Waals surface area contributed by atoms with Gasteiger partial charge in [0.25, 0.3) is 5.69 Å². The van der Waals surface area contributed by atoms with Crippen LogP contribution in [0.5, 0.6) is 0 Å². The van der Waals surface area contributed by atoms with Crippen LogP contribution in [-0.4, -0.2) is 37.0 Å². The molecule has 0 saturated carbocycles. The first-order valence-corrected chi connectivity index (χ1v) is 7.11. The molecule has 2 aliphatic rings. The van der Waals surface area contributed by atoms with Crippen LogP contribution in [0.25, 0.3) is 0 Å². The lowest BCUT2D eigenvalue weighted by atomic mass is 10.0. The van der Waals surface area contributed by atoms with Gasteiger partial charge in [-0.05, 0) is 12.1 Å². The van der Waals surface area contributed by atoms with Crippen molar-refractivity contribution < 1.29 is 14.4 Å². The Hall–Kier alpha value is -1.92. The highest BCUT2D eigenvalue weighted by atomic mass is 16.7. The number of anilines is 1. The van der Waals surface area contributed by atoms with Gasteiger partial charge in [-0.2, -0.15) is 0 Å². The second-order valence-electron chi connectivity index (χ2n) is 5.26. The Kier molecular flexibility index (Phi) is 3.90. The third kappa shape index (κ3) is 3.06. The molecule has 0 radical (unpaired) electrons. The van der Waals surface area contributed by atoms with Crippen molar-refractivity contribution in [3.63, 3.8) is 0 Å². The number of nitrogens with zero attached hydrogens (tertiary/aromatic N) is 2. The third-order valence-corrected chi connectivity index (χ3v) is 4.00. The van der Waals surface area contributed by atoms with Crippen LogP contribution in [-0.2, 0) is 9.47 Å². The van der Waals surface area contributed by atoms with Crippen LogP contribution in [0.3, 0.4) is 0 Å². The van der Waals surface area contributed by atoms with E-state index in [1.165, 1.54) is 0 Å². The fraction of sp³-hybridized carbons (Fsp3) is 0.467. The number of rotatable bonds is 2. The number of benzene rings is 1. The van der Waals surface area contributed by atoms with Crippen LogP contribution < -0.4 is 4.90 Å². The van der Waals surface area contributed by atoms with Crippen molar-refractivity contribution in [2.75, 3.05) is 31.2 Å². The highest BCUT2D eigenvalue weighted by molar-refractivity contribution is 5.51. The molecule has 1 aromatic carbocycles. The summed E-state index contributed by atoms with van der Waals surface area (Å²) in [7, 11) is 0. The van der Waals surface area contributed by atoms with Crippen molar-refractivity contribution in [3.05, 3.63) is 46.5 Å². The van der Waals surface area contributed by atoms with Gasteiger partial charge in [0.1, 0.15) is 0 Å². The van der Waals surface area contributed by atoms with Gasteiger partial charge in [-0.25, -0.2) is 0 Å². The fourth-order valence-corrected chi connectivity index (χ4v) is 2.76. The maximum Gasteiger partial charge on any atom is 0.269 e.